The molecule has 0 amide bonds. The highest BCUT2D eigenvalue weighted by Crippen LogP contribution is 2.27. The normalized spacial score (nSPS) is 18.2. The van der Waals surface area contributed by atoms with Gasteiger partial charge in [0.2, 0.25) is 0 Å². The molecule has 2 heterocycles. The maximum Gasteiger partial charge on any atom is 0.335 e. The van der Waals surface area contributed by atoms with Crippen LogP contribution in [-0.4, -0.2) is 37.3 Å². The summed E-state index contributed by atoms with van der Waals surface area (Å²) in [6.07, 6.45) is 0. The van der Waals surface area contributed by atoms with Crippen molar-refractivity contribution in [3.05, 3.63) is 47.0 Å². The molecule has 1 aliphatic rings. The number of fused-ring (bicyclic) bond motifs is 1. The minimum atomic E-state index is -0.891. The van der Waals surface area contributed by atoms with E-state index < -0.39 is 5.97 Å². The fourth-order valence-electron chi connectivity index (χ4n) is 3.08. The van der Waals surface area contributed by atoms with Crippen molar-refractivity contribution in [1.29, 1.82) is 0 Å². The molecule has 122 valence electrons. The molecule has 0 saturated heterocycles. The van der Waals surface area contributed by atoms with Crippen LogP contribution in [0.5, 0.6) is 0 Å². The van der Waals surface area contributed by atoms with Gasteiger partial charge in [-0.05, 0) is 24.6 Å². The summed E-state index contributed by atoms with van der Waals surface area (Å²) in [4.78, 5) is 13.3. The molecule has 1 aromatic heterocycles. The zero-order chi connectivity index (χ0) is 16.6. The molecule has 0 fully saturated rings. The molecule has 6 heteroatoms. The summed E-state index contributed by atoms with van der Waals surface area (Å²) < 4.78 is 2.24. The summed E-state index contributed by atoms with van der Waals surface area (Å²) in [6.45, 7) is 9.04. The number of rotatable bonds is 4. The molecule has 1 aliphatic heterocycles. The third-order valence-electron chi connectivity index (χ3n) is 4.44. The van der Waals surface area contributed by atoms with Crippen molar-refractivity contribution >= 4 is 5.97 Å². The minimum Gasteiger partial charge on any atom is -0.478 e. The lowest BCUT2D eigenvalue weighted by molar-refractivity contribution is 0.0697. The quantitative estimate of drug-likeness (QED) is 0.939. The Morgan fingerprint density at radius 2 is 1.96 bits per heavy atom. The van der Waals surface area contributed by atoms with E-state index in [1.807, 2.05) is 12.1 Å². The van der Waals surface area contributed by atoms with E-state index in [1.165, 1.54) is 0 Å². The molecule has 0 aliphatic carbocycles. The molecule has 0 radical (unpaired) electrons. The van der Waals surface area contributed by atoms with E-state index in [-0.39, 0.29) is 6.04 Å². The van der Waals surface area contributed by atoms with Gasteiger partial charge >= 0.3 is 5.97 Å². The molecule has 2 aromatic rings. The Labute approximate surface area is 135 Å². The van der Waals surface area contributed by atoms with Crippen molar-refractivity contribution in [3.63, 3.8) is 0 Å². The van der Waals surface area contributed by atoms with Crippen molar-refractivity contribution in [2.45, 2.75) is 45.8 Å². The maximum atomic E-state index is 10.9. The fourth-order valence-corrected chi connectivity index (χ4v) is 3.08. The average molecular weight is 314 g/mol. The lowest BCUT2D eigenvalue weighted by Gasteiger charge is -2.34. The minimum absolute atomic E-state index is 0.197. The lowest BCUT2D eigenvalue weighted by atomic mass is 10.1. The summed E-state index contributed by atoms with van der Waals surface area (Å²) in [5, 5.41) is 17.7. The molecular formula is C17H22N4O2. The fraction of sp³-hybridized carbons (Fsp3) is 0.471. The largest absolute Gasteiger partial charge is 0.478 e. The number of hydrogen-bond donors (Lipinski definition) is 1. The number of carboxylic acids is 1. The monoisotopic (exact) mass is 314 g/mol. The predicted octanol–water partition coefficient (Wildman–Crippen LogP) is 2.68. The highest BCUT2D eigenvalue weighted by atomic mass is 16.4. The van der Waals surface area contributed by atoms with Gasteiger partial charge in [-0.3, -0.25) is 4.90 Å². The first-order valence-corrected chi connectivity index (χ1v) is 7.96. The molecular weight excluding hydrogens is 292 g/mol. The van der Waals surface area contributed by atoms with Crippen molar-refractivity contribution in [3.8, 4) is 0 Å². The molecule has 6 nitrogen and oxygen atoms in total. The maximum absolute atomic E-state index is 10.9. The van der Waals surface area contributed by atoms with E-state index in [4.69, 9.17) is 5.11 Å². The van der Waals surface area contributed by atoms with Crippen molar-refractivity contribution in [2.75, 3.05) is 6.54 Å². The van der Waals surface area contributed by atoms with Gasteiger partial charge in [0.05, 0.1) is 11.6 Å². The second kappa shape index (κ2) is 6.12. The summed E-state index contributed by atoms with van der Waals surface area (Å²) in [7, 11) is 0. The predicted molar refractivity (Wildman–Crippen MR) is 86.3 cm³/mol. The molecule has 0 saturated carbocycles. The van der Waals surface area contributed by atoms with Crippen LogP contribution in [0.1, 0.15) is 60.3 Å². The van der Waals surface area contributed by atoms with Crippen molar-refractivity contribution in [2.24, 2.45) is 0 Å². The number of nitrogens with zero attached hydrogens (tertiary/aromatic N) is 4. The van der Waals surface area contributed by atoms with E-state index in [1.54, 1.807) is 12.1 Å². The summed E-state index contributed by atoms with van der Waals surface area (Å²) in [6, 6.07) is 7.28. The van der Waals surface area contributed by atoms with Crippen LogP contribution in [0.25, 0.3) is 0 Å². The number of aromatic carboxylic acids is 1. The van der Waals surface area contributed by atoms with Gasteiger partial charge in [0.1, 0.15) is 11.6 Å². The number of carbonyl (C=O) groups is 1. The topological polar surface area (TPSA) is 71.2 Å². The standard InChI is InChI=1S/C17H22N4O2/c1-11(2)15-18-19-16-12(3)20(8-9-21(15)16)10-13-4-6-14(7-5-13)17(22)23/h4-7,11-12H,8-10H2,1-3H3,(H,22,23). The number of aromatic nitrogens is 3. The molecule has 1 unspecified atom stereocenters. The Bertz CT molecular complexity index is 706. The van der Waals surface area contributed by atoms with Gasteiger partial charge in [-0.15, -0.1) is 10.2 Å². The van der Waals surface area contributed by atoms with Crippen LogP contribution in [0, 0.1) is 0 Å². The second-order valence-corrected chi connectivity index (χ2v) is 6.37. The van der Waals surface area contributed by atoms with E-state index in [0.717, 1.165) is 36.8 Å². The molecule has 0 spiro atoms. The molecule has 3 rings (SSSR count). The lowest BCUT2D eigenvalue weighted by Crippen LogP contribution is -2.37. The van der Waals surface area contributed by atoms with Crippen LogP contribution in [0.15, 0.2) is 24.3 Å². The Balaban J connectivity index is 1.76. The summed E-state index contributed by atoms with van der Waals surface area (Å²) >= 11 is 0. The van der Waals surface area contributed by atoms with Gasteiger partial charge in [-0.2, -0.15) is 0 Å². The van der Waals surface area contributed by atoms with Gasteiger partial charge < -0.3 is 9.67 Å². The summed E-state index contributed by atoms with van der Waals surface area (Å²) in [5.41, 5.74) is 1.43. The van der Waals surface area contributed by atoms with Gasteiger partial charge in [-0.25, -0.2) is 4.79 Å². The Hall–Kier alpha value is -2.21. The third kappa shape index (κ3) is 2.99. The van der Waals surface area contributed by atoms with E-state index in [0.29, 0.717) is 11.5 Å². The van der Waals surface area contributed by atoms with Crippen molar-refractivity contribution in [1.82, 2.24) is 19.7 Å². The Kier molecular flexibility index (Phi) is 4.17. The zero-order valence-corrected chi connectivity index (χ0v) is 13.7. The second-order valence-electron chi connectivity index (χ2n) is 6.37. The van der Waals surface area contributed by atoms with E-state index >= 15 is 0 Å². The number of hydrogen-bond acceptors (Lipinski definition) is 4. The van der Waals surface area contributed by atoms with Crippen LogP contribution >= 0.6 is 0 Å². The van der Waals surface area contributed by atoms with Crippen LogP contribution in [0.2, 0.25) is 0 Å². The zero-order valence-electron chi connectivity index (χ0n) is 13.7. The van der Waals surface area contributed by atoms with Crippen LogP contribution in [-0.2, 0) is 13.1 Å². The summed E-state index contributed by atoms with van der Waals surface area (Å²) in [5.74, 6) is 1.55. The SMILES string of the molecule is CC(C)c1nnc2n1CCN(Cc1ccc(C(=O)O)cc1)C2C. The van der Waals surface area contributed by atoms with Gasteiger partial charge in [0, 0.05) is 25.6 Å². The number of benzene rings is 1. The van der Waals surface area contributed by atoms with Crippen LogP contribution < -0.4 is 0 Å². The third-order valence-corrected chi connectivity index (χ3v) is 4.44. The Morgan fingerprint density at radius 3 is 2.57 bits per heavy atom. The van der Waals surface area contributed by atoms with Gasteiger partial charge in [0.15, 0.2) is 0 Å². The Morgan fingerprint density at radius 1 is 1.26 bits per heavy atom. The number of carboxylic acid groups (broad SMARTS) is 1. The highest BCUT2D eigenvalue weighted by molar-refractivity contribution is 5.87. The molecule has 1 aromatic carbocycles. The van der Waals surface area contributed by atoms with E-state index in [9.17, 15) is 4.79 Å². The van der Waals surface area contributed by atoms with Crippen molar-refractivity contribution < 1.29 is 9.90 Å². The first-order chi connectivity index (χ1) is 11.0. The van der Waals surface area contributed by atoms with Crippen LogP contribution in [0.4, 0.5) is 0 Å². The first kappa shape index (κ1) is 15.7. The smallest absolute Gasteiger partial charge is 0.335 e. The molecule has 1 atom stereocenters. The first-order valence-electron chi connectivity index (χ1n) is 7.96. The highest BCUT2D eigenvalue weighted by Gasteiger charge is 2.28. The molecule has 1 N–H and O–H groups in total. The van der Waals surface area contributed by atoms with Crippen LogP contribution in [0.3, 0.4) is 0 Å². The van der Waals surface area contributed by atoms with E-state index in [2.05, 4.69) is 40.4 Å². The molecule has 0 bridgehead atoms. The van der Waals surface area contributed by atoms with Gasteiger partial charge in [0.25, 0.3) is 0 Å². The molecule has 23 heavy (non-hydrogen) atoms. The van der Waals surface area contributed by atoms with Gasteiger partial charge in [-0.1, -0.05) is 26.0 Å². The average Bonchev–Trinajstić information content (AvgIpc) is 2.95.